The van der Waals surface area contributed by atoms with E-state index in [9.17, 15) is 0 Å². The van der Waals surface area contributed by atoms with Crippen LogP contribution in [0.3, 0.4) is 0 Å². The Morgan fingerprint density at radius 2 is 2.12 bits per heavy atom. The standard InChI is InChI=1S/C19H34N4OS/c1-16-22-17(15-25-16)14-23(3)19(20-2)21-12-8-5-9-13-24-18-10-6-4-7-11-18/h15,18H,4-14H2,1-3H3,(H,20,21). The molecule has 1 N–H and O–H groups in total. The lowest BCUT2D eigenvalue weighted by molar-refractivity contribution is 0.0264. The summed E-state index contributed by atoms with van der Waals surface area (Å²) in [4.78, 5) is 11.0. The van der Waals surface area contributed by atoms with Gasteiger partial charge in [0, 0.05) is 32.6 Å². The van der Waals surface area contributed by atoms with Crippen LogP contribution in [-0.2, 0) is 11.3 Å². The van der Waals surface area contributed by atoms with Gasteiger partial charge < -0.3 is 15.0 Å². The van der Waals surface area contributed by atoms with Crippen LogP contribution in [0.2, 0.25) is 0 Å². The quantitative estimate of drug-likeness (QED) is 0.408. The van der Waals surface area contributed by atoms with E-state index in [0.717, 1.165) is 49.2 Å². The van der Waals surface area contributed by atoms with Crippen LogP contribution < -0.4 is 5.32 Å². The van der Waals surface area contributed by atoms with E-state index in [1.165, 1.54) is 38.5 Å². The number of aryl methyl sites for hydroxylation is 1. The van der Waals surface area contributed by atoms with Crippen molar-refractivity contribution in [3.05, 3.63) is 16.1 Å². The fraction of sp³-hybridized carbons (Fsp3) is 0.789. The second-order valence-corrected chi connectivity index (χ2v) is 7.94. The van der Waals surface area contributed by atoms with Crippen molar-refractivity contribution in [3.8, 4) is 0 Å². The summed E-state index contributed by atoms with van der Waals surface area (Å²) in [5.41, 5.74) is 1.10. The summed E-state index contributed by atoms with van der Waals surface area (Å²) in [5, 5.41) is 6.68. The lowest BCUT2D eigenvalue weighted by Crippen LogP contribution is -2.38. The van der Waals surface area contributed by atoms with Gasteiger partial charge in [-0.2, -0.15) is 0 Å². The van der Waals surface area contributed by atoms with E-state index in [0.29, 0.717) is 6.10 Å². The molecule has 0 atom stereocenters. The predicted molar refractivity (Wildman–Crippen MR) is 106 cm³/mol. The Balaban J connectivity index is 1.53. The van der Waals surface area contributed by atoms with Gasteiger partial charge in [-0.1, -0.05) is 19.3 Å². The third kappa shape index (κ3) is 7.74. The van der Waals surface area contributed by atoms with Crippen molar-refractivity contribution in [1.29, 1.82) is 0 Å². The maximum absolute atomic E-state index is 5.98. The number of aliphatic imine (C=N–C) groups is 1. The molecule has 0 saturated heterocycles. The average molecular weight is 367 g/mol. The third-order valence-electron chi connectivity index (χ3n) is 4.65. The van der Waals surface area contributed by atoms with Gasteiger partial charge in [0.15, 0.2) is 5.96 Å². The molecule has 1 aliphatic carbocycles. The molecule has 142 valence electrons. The average Bonchev–Trinajstić information content (AvgIpc) is 3.03. The highest BCUT2D eigenvalue weighted by atomic mass is 32.1. The number of guanidine groups is 1. The van der Waals surface area contributed by atoms with E-state index in [4.69, 9.17) is 4.74 Å². The Morgan fingerprint density at radius 3 is 2.80 bits per heavy atom. The summed E-state index contributed by atoms with van der Waals surface area (Å²) in [7, 11) is 3.89. The maximum Gasteiger partial charge on any atom is 0.193 e. The zero-order valence-corrected chi connectivity index (χ0v) is 16.9. The van der Waals surface area contributed by atoms with Crippen LogP contribution in [0.5, 0.6) is 0 Å². The highest BCUT2D eigenvalue weighted by molar-refractivity contribution is 7.09. The first-order chi connectivity index (χ1) is 12.2. The molecule has 1 fully saturated rings. The smallest absolute Gasteiger partial charge is 0.193 e. The molecular weight excluding hydrogens is 332 g/mol. The van der Waals surface area contributed by atoms with Crippen molar-refractivity contribution in [3.63, 3.8) is 0 Å². The minimum atomic E-state index is 0.536. The molecule has 1 aliphatic rings. The van der Waals surface area contributed by atoms with Gasteiger partial charge in [0.05, 0.1) is 23.4 Å². The number of unbranched alkanes of at least 4 members (excludes halogenated alkanes) is 2. The minimum absolute atomic E-state index is 0.536. The highest BCUT2D eigenvalue weighted by Crippen LogP contribution is 2.20. The van der Waals surface area contributed by atoms with Crippen molar-refractivity contribution in [2.75, 3.05) is 27.2 Å². The number of hydrogen-bond donors (Lipinski definition) is 1. The van der Waals surface area contributed by atoms with Crippen molar-refractivity contribution < 1.29 is 4.74 Å². The van der Waals surface area contributed by atoms with E-state index in [2.05, 4.69) is 32.6 Å². The molecule has 0 aromatic carbocycles. The first-order valence-corrected chi connectivity index (χ1v) is 10.5. The van der Waals surface area contributed by atoms with Crippen LogP contribution in [0, 0.1) is 6.92 Å². The zero-order valence-electron chi connectivity index (χ0n) is 16.1. The van der Waals surface area contributed by atoms with Gasteiger partial charge >= 0.3 is 0 Å². The van der Waals surface area contributed by atoms with Crippen LogP contribution >= 0.6 is 11.3 Å². The Bertz CT molecular complexity index is 511. The Hall–Kier alpha value is -1.14. The van der Waals surface area contributed by atoms with E-state index >= 15 is 0 Å². The van der Waals surface area contributed by atoms with Gasteiger partial charge in [-0.05, 0) is 39.0 Å². The van der Waals surface area contributed by atoms with Crippen molar-refractivity contribution in [1.82, 2.24) is 15.2 Å². The number of nitrogens with one attached hydrogen (secondary N) is 1. The molecule has 0 aliphatic heterocycles. The van der Waals surface area contributed by atoms with Crippen molar-refractivity contribution in [2.45, 2.75) is 70.9 Å². The topological polar surface area (TPSA) is 49.8 Å². The molecule has 0 unspecified atom stereocenters. The first-order valence-electron chi connectivity index (χ1n) is 9.63. The Morgan fingerprint density at radius 1 is 1.32 bits per heavy atom. The summed E-state index contributed by atoms with van der Waals surface area (Å²) >= 11 is 1.69. The molecule has 1 aromatic heterocycles. The van der Waals surface area contributed by atoms with Crippen LogP contribution in [0.4, 0.5) is 0 Å². The van der Waals surface area contributed by atoms with E-state index in [1.807, 2.05) is 14.0 Å². The fourth-order valence-corrected chi connectivity index (χ4v) is 3.87. The number of ether oxygens (including phenoxy) is 1. The van der Waals surface area contributed by atoms with Crippen molar-refractivity contribution >= 4 is 17.3 Å². The molecule has 5 nitrogen and oxygen atoms in total. The van der Waals surface area contributed by atoms with Crippen molar-refractivity contribution in [2.24, 2.45) is 4.99 Å². The van der Waals surface area contributed by atoms with Gasteiger partial charge in [0.2, 0.25) is 0 Å². The SMILES string of the molecule is CN=C(NCCCCCOC1CCCCC1)N(C)Cc1csc(C)n1. The molecule has 1 aromatic rings. The molecule has 1 heterocycles. The molecule has 1 saturated carbocycles. The van der Waals surface area contributed by atoms with Crippen LogP contribution in [0.25, 0.3) is 0 Å². The number of rotatable bonds is 9. The first kappa shape index (κ1) is 20.2. The van der Waals surface area contributed by atoms with Gasteiger partial charge in [-0.3, -0.25) is 4.99 Å². The molecule has 0 bridgehead atoms. The second-order valence-electron chi connectivity index (χ2n) is 6.88. The van der Waals surface area contributed by atoms with Crippen LogP contribution in [-0.4, -0.2) is 49.2 Å². The van der Waals surface area contributed by atoms with Crippen LogP contribution in [0.1, 0.15) is 62.1 Å². The molecule has 0 spiro atoms. The lowest BCUT2D eigenvalue weighted by Gasteiger charge is -2.22. The molecule has 2 rings (SSSR count). The molecule has 25 heavy (non-hydrogen) atoms. The van der Waals surface area contributed by atoms with Gasteiger partial charge in [-0.25, -0.2) is 4.98 Å². The summed E-state index contributed by atoms with van der Waals surface area (Å²) in [5.74, 6) is 0.934. The maximum atomic E-state index is 5.98. The van der Waals surface area contributed by atoms with E-state index in [1.54, 1.807) is 11.3 Å². The summed E-state index contributed by atoms with van der Waals surface area (Å²) in [6.07, 6.45) is 10.7. The molecular formula is C19H34N4OS. The number of hydrogen-bond acceptors (Lipinski definition) is 4. The monoisotopic (exact) mass is 366 g/mol. The summed E-state index contributed by atoms with van der Waals surface area (Å²) in [6, 6.07) is 0. The van der Waals surface area contributed by atoms with E-state index < -0.39 is 0 Å². The summed E-state index contributed by atoms with van der Waals surface area (Å²) in [6.45, 7) is 4.71. The van der Waals surface area contributed by atoms with E-state index in [-0.39, 0.29) is 0 Å². The number of thiazole rings is 1. The molecule has 0 amide bonds. The normalized spacial score (nSPS) is 16.2. The number of aromatic nitrogens is 1. The Kier molecular flexibility index (Phi) is 9.26. The van der Waals surface area contributed by atoms with Gasteiger partial charge in [0.1, 0.15) is 0 Å². The Labute approximate surface area is 156 Å². The van der Waals surface area contributed by atoms with Crippen LogP contribution in [0.15, 0.2) is 10.4 Å². The molecule has 6 heteroatoms. The second kappa shape index (κ2) is 11.5. The highest BCUT2D eigenvalue weighted by Gasteiger charge is 2.13. The third-order valence-corrected chi connectivity index (χ3v) is 5.47. The lowest BCUT2D eigenvalue weighted by atomic mass is 9.98. The van der Waals surface area contributed by atoms with Gasteiger partial charge in [0.25, 0.3) is 0 Å². The molecule has 0 radical (unpaired) electrons. The fourth-order valence-electron chi connectivity index (χ4n) is 3.27. The number of nitrogens with zero attached hydrogens (tertiary/aromatic N) is 3. The van der Waals surface area contributed by atoms with Gasteiger partial charge in [-0.15, -0.1) is 11.3 Å². The largest absolute Gasteiger partial charge is 0.378 e. The summed E-state index contributed by atoms with van der Waals surface area (Å²) < 4.78 is 5.98. The predicted octanol–water partition coefficient (Wildman–Crippen LogP) is 3.98. The zero-order chi connectivity index (χ0) is 17.9. The minimum Gasteiger partial charge on any atom is -0.378 e.